The fourth-order valence-corrected chi connectivity index (χ4v) is 3.34. The third-order valence-electron chi connectivity index (χ3n) is 4.39. The van der Waals surface area contributed by atoms with Gasteiger partial charge >= 0.3 is 6.18 Å². The summed E-state index contributed by atoms with van der Waals surface area (Å²) >= 11 is 0. The van der Waals surface area contributed by atoms with E-state index in [2.05, 4.69) is 4.98 Å². The molecule has 6 heteroatoms. The number of aryl methyl sites for hydroxylation is 1. The lowest BCUT2D eigenvalue weighted by Crippen LogP contribution is -2.40. The standard InChI is InChI=1S/C15H23F3N2O/c1-2-8-20-9-7-19-14(20)10-13(21)11-5-3-4-6-12(11)15(16,17)18/h7,9,11-13,21H,2-6,8,10H2,1H3. The van der Waals surface area contributed by atoms with Gasteiger partial charge in [0, 0.05) is 25.4 Å². The zero-order valence-corrected chi connectivity index (χ0v) is 12.3. The lowest BCUT2D eigenvalue weighted by Gasteiger charge is -2.35. The maximum absolute atomic E-state index is 13.1. The van der Waals surface area contributed by atoms with Crippen LogP contribution in [-0.4, -0.2) is 26.9 Å². The van der Waals surface area contributed by atoms with Crippen molar-refractivity contribution in [3.8, 4) is 0 Å². The van der Waals surface area contributed by atoms with Crippen LogP contribution in [0.1, 0.15) is 44.9 Å². The van der Waals surface area contributed by atoms with Gasteiger partial charge in [0.25, 0.3) is 0 Å². The molecule has 3 atom stereocenters. The third-order valence-corrected chi connectivity index (χ3v) is 4.39. The van der Waals surface area contributed by atoms with Gasteiger partial charge in [-0.15, -0.1) is 0 Å². The van der Waals surface area contributed by atoms with Crippen molar-refractivity contribution < 1.29 is 18.3 Å². The molecule has 1 aliphatic carbocycles. The molecule has 1 heterocycles. The first-order valence-electron chi connectivity index (χ1n) is 7.68. The summed E-state index contributed by atoms with van der Waals surface area (Å²) in [5.74, 6) is -1.41. The van der Waals surface area contributed by atoms with Crippen LogP contribution in [0.5, 0.6) is 0 Å². The molecule has 0 spiro atoms. The van der Waals surface area contributed by atoms with E-state index in [-0.39, 0.29) is 12.8 Å². The summed E-state index contributed by atoms with van der Waals surface area (Å²) in [5.41, 5.74) is 0. The summed E-state index contributed by atoms with van der Waals surface area (Å²) in [7, 11) is 0. The molecule has 120 valence electrons. The molecule has 2 rings (SSSR count). The van der Waals surface area contributed by atoms with Crippen molar-refractivity contribution in [1.29, 1.82) is 0 Å². The zero-order chi connectivity index (χ0) is 15.5. The van der Waals surface area contributed by atoms with Crippen molar-refractivity contribution in [2.45, 2.75) is 64.3 Å². The highest BCUT2D eigenvalue weighted by molar-refractivity contribution is 4.97. The normalized spacial score (nSPS) is 25.0. The Hall–Kier alpha value is -1.04. The van der Waals surface area contributed by atoms with Crippen LogP contribution in [0.4, 0.5) is 13.2 Å². The highest BCUT2D eigenvalue weighted by Gasteiger charge is 2.47. The molecule has 1 aromatic heterocycles. The molecular formula is C15H23F3N2O. The predicted octanol–water partition coefficient (Wildman–Crippen LogP) is 3.57. The lowest BCUT2D eigenvalue weighted by atomic mass is 9.75. The molecule has 1 aromatic rings. The minimum absolute atomic E-state index is 0.134. The molecule has 1 fully saturated rings. The monoisotopic (exact) mass is 304 g/mol. The van der Waals surface area contributed by atoms with Gasteiger partial charge in [-0.25, -0.2) is 4.98 Å². The average Bonchev–Trinajstić information content (AvgIpc) is 2.85. The molecular weight excluding hydrogens is 281 g/mol. The van der Waals surface area contributed by atoms with Crippen molar-refractivity contribution in [1.82, 2.24) is 9.55 Å². The van der Waals surface area contributed by atoms with Gasteiger partial charge in [-0.1, -0.05) is 19.8 Å². The minimum Gasteiger partial charge on any atom is -0.392 e. The first kappa shape index (κ1) is 16.3. The Bertz CT molecular complexity index is 444. The molecule has 1 saturated carbocycles. The second-order valence-corrected chi connectivity index (χ2v) is 5.90. The summed E-state index contributed by atoms with van der Waals surface area (Å²) in [4.78, 5) is 4.18. The number of aliphatic hydroxyl groups excluding tert-OH is 1. The maximum atomic E-state index is 13.1. The first-order chi connectivity index (χ1) is 9.93. The van der Waals surface area contributed by atoms with Gasteiger partial charge in [0.15, 0.2) is 0 Å². The van der Waals surface area contributed by atoms with Gasteiger partial charge in [0.2, 0.25) is 0 Å². The second kappa shape index (κ2) is 6.81. The van der Waals surface area contributed by atoms with Gasteiger partial charge < -0.3 is 9.67 Å². The molecule has 3 nitrogen and oxygen atoms in total. The fourth-order valence-electron chi connectivity index (χ4n) is 3.34. The lowest BCUT2D eigenvalue weighted by molar-refractivity contribution is -0.206. The van der Waals surface area contributed by atoms with Gasteiger partial charge in [0.1, 0.15) is 5.82 Å². The molecule has 0 aliphatic heterocycles. The van der Waals surface area contributed by atoms with E-state index in [0.29, 0.717) is 18.7 Å². The first-order valence-corrected chi connectivity index (χ1v) is 7.68. The van der Waals surface area contributed by atoms with Crippen LogP contribution in [0.25, 0.3) is 0 Å². The number of aliphatic hydroxyl groups is 1. The van der Waals surface area contributed by atoms with Gasteiger partial charge in [-0.05, 0) is 25.2 Å². The number of hydrogen-bond donors (Lipinski definition) is 1. The van der Waals surface area contributed by atoms with Crippen LogP contribution in [0.3, 0.4) is 0 Å². The van der Waals surface area contributed by atoms with Crippen molar-refractivity contribution >= 4 is 0 Å². The average molecular weight is 304 g/mol. The number of rotatable bonds is 5. The van der Waals surface area contributed by atoms with E-state index >= 15 is 0 Å². The van der Waals surface area contributed by atoms with Crippen LogP contribution in [0, 0.1) is 11.8 Å². The van der Waals surface area contributed by atoms with Crippen LogP contribution >= 0.6 is 0 Å². The Morgan fingerprint density at radius 3 is 2.76 bits per heavy atom. The molecule has 0 saturated heterocycles. The molecule has 1 aliphatic rings. The molecule has 3 unspecified atom stereocenters. The van der Waals surface area contributed by atoms with E-state index in [1.807, 2.05) is 17.7 Å². The Balaban J connectivity index is 2.07. The number of halogens is 3. The van der Waals surface area contributed by atoms with Crippen molar-refractivity contribution in [3.63, 3.8) is 0 Å². The Morgan fingerprint density at radius 1 is 1.38 bits per heavy atom. The van der Waals surface area contributed by atoms with Gasteiger partial charge in [-0.2, -0.15) is 13.2 Å². The van der Waals surface area contributed by atoms with Crippen LogP contribution < -0.4 is 0 Å². The van der Waals surface area contributed by atoms with E-state index in [0.717, 1.165) is 19.4 Å². The Kier molecular flexibility index (Phi) is 5.30. The zero-order valence-electron chi connectivity index (χ0n) is 12.3. The molecule has 1 N–H and O–H groups in total. The largest absolute Gasteiger partial charge is 0.392 e. The number of aromatic nitrogens is 2. The van der Waals surface area contributed by atoms with Crippen LogP contribution in [-0.2, 0) is 13.0 Å². The number of imidazole rings is 1. The summed E-state index contributed by atoms with van der Waals surface area (Å²) in [5, 5.41) is 10.3. The van der Waals surface area contributed by atoms with Crippen molar-refractivity contribution in [3.05, 3.63) is 18.2 Å². The summed E-state index contributed by atoms with van der Waals surface area (Å²) in [6.07, 6.45) is 1.32. The molecule has 0 bridgehead atoms. The third kappa shape index (κ3) is 3.99. The quantitative estimate of drug-likeness (QED) is 0.903. The highest BCUT2D eigenvalue weighted by Crippen LogP contribution is 2.43. The van der Waals surface area contributed by atoms with Crippen LogP contribution in [0.2, 0.25) is 0 Å². The number of alkyl halides is 3. The van der Waals surface area contributed by atoms with E-state index < -0.39 is 24.1 Å². The van der Waals surface area contributed by atoms with E-state index in [1.165, 1.54) is 0 Å². The predicted molar refractivity (Wildman–Crippen MR) is 73.7 cm³/mol. The van der Waals surface area contributed by atoms with Crippen molar-refractivity contribution in [2.24, 2.45) is 11.8 Å². The highest BCUT2D eigenvalue weighted by atomic mass is 19.4. The maximum Gasteiger partial charge on any atom is 0.392 e. The van der Waals surface area contributed by atoms with Crippen LogP contribution in [0.15, 0.2) is 12.4 Å². The minimum atomic E-state index is -4.22. The van der Waals surface area contributed by atoms with Gasteiger partial charge in [0.05, 0.1) is 12.0 Å². The Morgan fingerprint density at radius 2 is 2.10 bits per heavy atom. The van der Waals surface area contributed by atoms with E-state index in [1.54, 1.807) is 6.20 Å². The van der Waals surface area contributed by atoms with Crippen molar-refractivity contribution in [2.75, 3.05) is 0 Å². The Labute approximate surface area is 123 Å². The second-order valence-electron chi connectivity index (χ2n) is 5.90. The molecule has 21 heavy (non-hydrogen) atoms. The molecule has 0 radical (unpaired) electrons. The SMILES string of the molecule is CCCn1ccnc1CC(O)C1CCCCC1C(F)(F)F. The molecule has 0 amide bonds. The summed E-state index contributed by atoms with van der Waals surface area (Å²) in [6, 6.07) is 0. The smallest absolute Gasteiger partial charge is 0.392 e. The molecule has 0 aromatic carbocycles. The number of nitrogens with zero attached hydrogens (tertiary/aromatic N) is 2. The topological polar surface area (TPSA) is 38.0 Å². The number of hydrogen-bond acceptors (Lipinski definition) is 2. The fraction of sp³-hybridized carbons (Fsp3) is 0.800. The van der Waals surface area contributed by atoms with E-state index in [9.17, 15) is 18.3 Å². The van der Waals surface area contributed by atoms with E-state index in [4.69, 9.17) is 0 Å². The summed E-state index contributed by atoms with van der Waals surface area (Å²) < 4.78 is 41.2. The van der Waals surface area contributed by atoms with Gasteiger partial charge in [-0.3, -0.25) is 0 Å². The summed E-state index contributed by atoms with van der Waals surface area (Å²) in [6.45, 7) is 2.80.